The van der Waals surface area contributed by atoms with Gasteiger partial charge in [-0.1, -0.05) is 72.8 Å². The van der Waals surface area contributed by atoms with Crippen LogP contribution in [-0.4, -0.2) is 11.1 Å². The van der Waals surface area contributed by atoms with E-state index in [-0.39, 0.29) is 5.12 Å². The molecule has 0 N–H and O–H groups in total. The molecule has 4 rings (SSSR count). The van der Waals surface area contributed by atoms with Gasteiger partial charge < -0.3 is 4.74 Å². The summed E-state index contributed by atoms with van der Waals surface area (Å²) in [6.45, 7) is 0. The van der Waals surface area contributed by atoms with Gasteiger partial charge in [0, 0.05) is 15.8 Å². The van der Waals surface area contributed by atoms with Gasteiger partial charge in [-0.3, -0.25) is 4.79 Å². The fraction of sp³-hybridized carbons (Fsp3) is 0. The van der Waals surface area contributed by atoms with E-state index < -0.39 is 5.97 Å². The van der Waals surface area contributed by atoms with E-state index in [9.17, 15) is 9.59 Å². The van der Waals surface area contributed by atoms with Crippen molar-refractivity contribution in [2.75, 3.05) is 0 Å². The molecule has 4 heteroatoms. The number of carbonyl (C=O) groups excluding carboxylic acids is 2. The first-order valence-electron chi connectivity index (χ1n) is 8.78. The van der Waals surface area contributed by atoms with Gasteiger partial charge in [-0.2, -0.15) is 0 Å². The quantitative estimate of drug-likeness (QED) is 0.246. The summed E-state index contributed by atoms with van der Waals surface area (Å²) in [5.41, 5.74) is 1.14. The smallest absolute Gasteiger partial charge is 0.343 e. The van der Waals surface area contributed by atoms with E-state index in [1.807, 2.05) is 54.6 Å². The Morgan fingerprint density at radius 2 is 1.21 bits per heavy atom. The lowest BCUT2D eigenvalue weighted by Crippen LogP contribution is -2.08. The van der Waals surface area contributed by atoms with E-state index in [0.29, 0.717) is 16.9 Å². The van der Waals surface area contributed by atoms with Crippen molar-refractivity contribution in [3.8, 4) is 5.75 Å². The summed E-state index contributed by atoms with van der Waals surface area (Å²) in [5.74, 6) is 0.0625. The molecule has 0 radical (unpaired) electrons. The molecule has 0 bridgehead atoms. The van der Waals surface area contributed by atoms with Crippen LogP contribution < -0.4 is 4.74 Å². The Balaban J connectivity index is 1.65. The molecule has 0 amide bonds. The standard InChI is InChI=1S/C24H16O3S/c25-23(17-9-3-1-4-10-17)27-21-15-7-14-20-19(21)13-8-16-22(20)28-24(26)18-11-5-2-6-12-18/h1-16H. The van der Waals surface area contributed by atoms with E-state index in [1.54, 1.807) is 42.5 Å². The maximum Gasteiger partial charge on any atom is 0.343 e. The molecule has 0 saturated carbocycles. The maximum atomic E-state index is 12.6. The lowest BCUT2D eigenvalue weighted by molar-refractivity contribution is 0.0737. The minimum Gasteiger partial charge on any atom is -0.422 e. The first-order valence-corrected chi connectivity index (χ1v) is 9.60. The molecule has 0 heterocycles. The minimum absolute atomic E-state index is 0.0280. The molecule has 136 valence electrons. The van der Waals surface area contributed by atoms with Gasteiger partial charge >= 0.3 is 5.97 Å². The summed E-state index contributed by atoms with van der Waals surface area (Å²) < 4.78 is 5.63. The highest BCUT2D eigenvalue weighted by Gasteiger charge is 2.14. The molecule has 0 atom stereocenters. The summed E-state index contributed by atoms with van der Waals surface area (Å²) in [6.07, 6.45) is 0. The number of fused-ring (bicyclic) bond motifs is 1. The predicted molar refractivity (Wildman–Crippen MR) is 112 cm³/mol. The summed E-state index contributed by atoms with van der Waals surface area (Å²) in [6, 6.07) is 29.2. The van der Waals surface area contributed by atoms with E-state index in [4.69, 9.17) is 4.74 Å². The minimum atomic E-state index is -0.411. The molecular formula is C24H16O3S. The second kappa shape index (κ2) is 8.11. The summed E-state index contributed by atoms with van der Waals surface area (Å²) in [7, 11) is 0. The lowest BCUT2D eigenvalue weighted by Gasteiger charge is -2.10. The van der Waals surface area contributed by atoms with Crippen molar-refractivity contribution in [2.45, 2.75) is 4.90 Å². The average molecular weight is 384 g/mol. The van der Waals surface area contributed by atoms with Crippen molar-refractivity contribution in [1.29, 1.82) is 0 Å². The van der Waals surface area contributed by atoms with Crippen molar-refractivity contribution in [2.24, 2.45) is 0 Å². The Kier molecular flexibility index (Phi) is 5.22. The number of hydrogen-bond acceptors (Lipinski definition) is 4. The van der Waals surface area contributed by atoms with Crippen LogP contribution in [0.5, 0.6) is 5.75 Å². The number of esters is 1. The van der Waals surface area contributed by atoms with Gasteiger partial charge in [-0.15, -0.1) is 0 Å². The van der Waals surface area contributed by atoms with Crippen molar-refractivity contribution in [3.05, 3.63) is 108 Å². The highest BCUT2D eigenvalue weighted by Crippen LogP contribution is 2.34. The number of rotatable bonds is 4. The highest BCUT2D eigenvalue weighted by atomic mass is 32.2. The summed E-state index contributed by atoms with van der Waals surface area (Å²) in [5, 5.41) is 1.63. The SMILES string of the molecule is O=C(Oc1cccc2c(SC(=O)c3ccccc3)cccc12)c1ccccc1. The number of ether oxygens (including phenoxy) is 1. The molecule has 0 unspecified atom stereocenters. The van der Waals surface area contributed by atoms with Crippen LogP contribution in [0.15, 0.2) is 102 Å². The number of carbonyl (C=O) groups is 2. The lowest BCUT2D eigenvalue weighted by atomic mass is 10.1. The van der Waals surface area contributed by atoms with Crippen LogP contribution in [0.2, 0.25) is 0 Å². The van der Waals surface area contributed by atoms with E-state index in [2.05, 4.69) is 0 Å². The van der Waals surface area contributed by atoms with Gasteiger partial charge in [0.05, 0.1) is 5.56 Å². The van der Waals surface area contributed by atoms with Crippen molar-refractivity contribution in [3.63, 3.8) is 0 Å². The monoisotopic (exact) mass is 384 g/mol. The third kappa shape index (κ3) is 3.82. The van der Waals surface area contributed by atoms with Crippen LogP contribution >= 0.6 is 11.8 Å². The zero-order chi connectivity index (χ0) is 19.3. The third-order valence-electron chi connectivity index (χ3n) is 4.27. The molecule has 4 aromatic rings. The first-order chi connectivity index (χ1) is 13.7. The second-order valence-electron chi connectivity index (χ2n) is 6.12. The molecule has 0 fully saturated rings. The van der Waals surface area contributed by atoms with Gasteiger partial charge in [0.2, 0.25) is 5.12 Å². The van der Waals surface area contributed by atoms with Crippen LogP contribution in [-0.2, 0) is 0 Å². The number of thioether (sulfide) groups is 1. The van der Waals surface area contributed by atoms with Crippen LogP contribution in [0.1, 0.15) is 20.7 Å². The van der Waals surface area contributed by atoms with Gasteiger partial charge in [0.25, 0.3) is 0 Å². The van der Waals surface area contributed by atoms with Crippen molar-refractivity contribution < 1.29 is 14.3 Å². The fourth-order valence-corrected chi connectivity index (χ4v) is 3.78. The maximum absolute atomic E-state index is 12.6. The Bertz CT molecular complexity index is 1050. The zero-order valence-electron chi connectivity index (χ0n) is 14.9. The molecule has 28 heavy (non-hydrogen) atoms. The fourth-order valence-electron chi connectivity index (χ4n) is 2.90. The van der Waals surface area contributed by atoms with Gasteiger partial charge in [-0.05, 0) is 41.4 Å². The summed E-state index contributed by atoms with van der Waals surface area (Å²) >= 11 is 1.17. The largest absolute Gasteiger partial charge is 0.422 e. The predicted octanol–water partition coefficient (Wildman–Crippen LogP) is 5.99. The average Bonchev–Trinajstić information content (AvgIpc) is 2.75. The molecule has 3 nitrogen and oxygen atoms in total. The van der Waals surface area contributed by atoms with E-state index in [0.717, 1.165) is 15.7 Å². The molecule has 0 aliphatic rings. The Hall–Kier alpha value is -3.37. The number of benzene rings is 4. The zero-order valence-corrected chi connectivity index (χ0v) is 15.7. The topological polar surface area (TPSA) is 43.4 Å². The van der Waals surface area contributed by atoms with Crippen LogP contribution in [0.25, 0.3) is 10.8 Å². The third-order valence-corrected chi connectivity index (χ3v) is 5.26. The molecule has 0 aliphatic carbocycles. The van der Waals surface area contributed by atoms with Gasteiger partial charge in [-0.25, -0.2) is 4.79 Å². The normalized spacial score (nSPS) is 10.6. The molecular weight excluding hydrogens is 368 g/mol. The van der Waals surface area contributed by atoms with E-state index in [1.165, 1.54) is 11.8 Å². The van der Waals surface area contributed by atoms with Gasteiger partial charge in [0.15, 0.2) is 0 Å². The Morgan fingerprint density at radius 3 is 1.93 bits per heavy atom. The van der Waals surface area contributed by atoms with Gasteiger partial charge in [0.1, 0.15) is 5.75 Å². The molecule has 0 spiro atoms. The van der Waals surface area contributed by atoms with E-state index >= 15 is 0 Å². The highest BCUT2D eigenvalue weighted by molar-refractivity contribution is 8.14. The molecule has 4 aromatic carbocycles. The van der Waals surface area contributed by atoms with Crippen molar-refractivity contribution in [1.82, 2.24) is 0 Å². The van der Waals surface area contributed by atoms with Crippen LogP contribution in [0.3, 0.4) is 0 Å². The molecule has 0 aromatic heterocycles. The molecule has 0 saturated heterocycles. The summed E-state index contributed by atoms with van der Waals surface area (Å²) in [4.78, 5) is 25.8. The molecule has 0 aliphatic heterocycles. The Labute approximate surface area is 167 Å². The first kappa shape index (κ1) is 18.0. The number of hydrogen-bond donors (Lipinski definition) is 0. The van der Waals surface area contributed by atoms with Crippen LogP contribution in [0, 0.1) is 0 Å². The second-order valence-corrected chi connectivity index (χ2v) is 7.13. The van der Waals surface area contributed by atoms with Crippen LogP contribution in [0.4, 0.5) is 0 Å². The Morgan fingerprint density at radius 1 is 0.607 bits per heavy atom. The van der Waals surface area contributed by atoms with Crippen molar-refractivity contribution >= 4 is 33.6 Å².